The minimum absolute atomic E-state index is 0.0322. The highest BCUT2D eigenvalue weighted by Crippen LogP contribution is 2.28. The normalized spacial score (nSPS) is 12.6. The summed E-state index contributed by atoms with van der Waals surface area (Å²) in [5, 5.41) is 4.17. The lowest BCUT2D eigenvalue weighted by Crippen LogP contribution is -2.21. The SMILES string of the molecule is Cc1cc(I)c(OC(F)(F)F)nc1S(N)(=O)=O. The van der Waals surface area contributed by atoms with Gasteiger partial charge in [-0.3, -0.25) is 0 Å². The molecule has 96 valence electrons. The van der Waals surface area contributed by atoms with E-state index in [1.807, 2.05) is 0 Å². The van der Waals surface area contributed by atoms with Crippen LogP contribution in [0.1, 0.15) is 5.56 Å². The molecular formula is C7H6F3IN2O3S. The summed E-state index contributed by atoms with van der Waals surface area (Å²) in [6, 6.07) is 1.19. The molecule has 0 unspecified atom stereocenters. The number of rotatable bonds is 2. The number of aryl methyl sites for hydroxylation is 1. The molecule has 10 heteroatoms. The van der Waals surface area contributed by atoms with Gasteiger partial charge in [-0.25, -0.2) is 13.6 Å². The second kappa shape index (κ2) is 4.57. The smallest absolute Gasteiger partial charge is 0.387 e. The van der Waals surface area contributed by atoms with Crippen molar-refractivity contribution >= 4 is 32.6 Å². The van der Waals surface area contributed by atoms with Gasteiger partial charge in [0.25, 0.3) is 10.0 Å². The second-order valence-corrected chi connectivity index (χ2v) is 5.63. The fourth-order valence-corrected chi connectivity index (χ4v) is 2.43. The Kier molecular flexibility index (Phi) is 3.88. The maximum atomic E-state index is 12.0. The van der Waals surface area contributed by atoms with Crippen molar-refractivity contribution in [3.63, 3.8) is 0 Å². The molecule has 17 heavy (non-hydrogen) atoms. The number of alkyl halides is 3. The summed E-state index contributed by atoms with van der Waals surface area (Å²) in [7, 11) is -4.19. The highest BCUT2D eigenvalue weighted by Gasteiger charge is 2.33. The van der Waals surface area contributed by atoms with E-state index in [1.165, 1.54) is 13.0 Å². The van der Waals surface area contributed by atoms with Crippen molar-refractivity contribution in [3.8, 4) is 5.88 Å². The zero-order chi connectivity index (χ0) is 13.4. The van der Waals surface area contributed by atoms with Gasteiger partial charge in [-0.15, -0.1) is 13.2 Å². The zero-order valence-corrected chi connectivity index (χ0v) is 11.2. The number of primary sulfonamides is 1. The van der Waals surface area contributed by atoms with Gasteiger partial charge in [-0.1, -0.05) is 0 Å². The summed E-state index contributed by atoms with van der Waals surface area (Å²) < 4.78 is 61.7. The van der Waals surface area contributed by atoms with Crippen LogP contribution in [0.3, 0.4) is 0 Å². The first-order chi connectivity index (χ1) is 7.50. The van der Waals surface area contributed by atoms with Crippen LogP contribution >= 0.6 is 22.6 Å². The van der Waals surface area contributed by atoms with Crippen LogP contribution in [0.5, 0.6) is 5.88 Å². The van der Waals surface area contributed by atoms with Crippen molar-refractivity contribution < 1.29 is 26.3 Å². The Bertz CT molecular complexity index is 544. The number of nitrogens with zero attached hydrogens (tertiary/aromatic N) is 1. The van der Waals surface area contributed by atoms with Crippen molar-refractivity contribution in [2.75, 3.05) is 0 Å². The summed E-state index contributed by atoms with van der Waals surface area (Å²) >= 11 is 1.55. The third-order valence-electron chi connectivity index (χ3n) is 1.57. The quantitative estimate of drug-likeness (QED) is 0.787. The van der Waals surface area contributed by atoms with Crippen LogP contribution in [0.15, 0.2) is 11.1 Å². The Morgan fingerprint density at radius 2 is 2.00 bits per heavy atom. The predicted octanol–water partition coefficient (Wildman–Crippen LogP) is 1.54. The topological polar surface area (TPSA) is 82.3 Å². The molecule has 0 radical (unpaired) electrons. The van der Waals surface area contributed by atoms with Crippen molar-refractivity contribution in [2.45, 2.75) is 18.3 Å². The third-order valence-corrected chi connectivity index (χ3v) is 3.29. The Morgan fingerprint density at radius 1 is 1.47 bits per heavy atom. The number of hydrogen-bond donors (Lipinski definition) is 1. The Labute approximate surface area is 108 Å². The van der Waals surface area contributed by atoms with E-state index in [1.54, 1.807) is 22.6 Å². The molecule has 1 aromatic rings. The molecule has 5 nitrogen and oxygen atoms in total. The van der Waals surface area contributed by atoms with Crippen LogP contribution in [0.2, 0.25) is 0 Å². The van der Waals surface area contributed by atoms with E-state index in [-0.39, 0.29) is 9.13 Å². The molecule has 0 bridgehead atoms. The predicted molar refractivity (Wildman–Crippen MR) is 59.7 cm³/mol. The number of pyridine rings is 1. The van der Waals surface area contributed by atoms with Crippen LogP contribution in [-0.2, 0) is 10.0 Å². The van der Waals surface area contributed by atoms with Gasteiger partial charge in [0.1, 0.15) is 0 Å². The molecule has 1 heterocycles. The molecule has 0 aliphatic heterocycles. The molecule has 0 saturated heterocycles. The molecular weight excluding hydrogens is 376 g/mol. The van der Waals surface area contributed by atoms with Gasteiger partial charge in [0.15, 0.2) is 5.03 Å². The molecule has 0 fully saturated rings. The molecule has 0 aliphatic carbocycles. The number of aromatic nitrogens is 1. The lowest BCUT2D eigenvalue weighted by atomic mass is 10.3. The Balaban J connectivity index is 3.35. The maximum absolute atomic E-state index is 12.0. The first kappa shape index (κ1) is 14.4. The fraction of sp³-hybridized carbons (Fsp3) is 0.286. The Hall–Kier alpha value is -0.620. The van der Waals surface area contributed by atoms with E-state index in [0.29, 0.717) is 0 Å². The zero-order valence-electron chi connectivity index (χ0n) is 8.25. The summed E-state index contributed by atoms with van der Waals surface area (Å²) in [6.45, 7) is 1.37. The third kappa shape index (κ3) is 3.96. The van der Waals surface area contributed by atoms with Gasteiger partial charge in [0, 0.05) is 0 Å². The van der Waals surface area contributed by atoms with Crippen LogP contribution in [0, 0.1) is 10.5 Å². The molecule has 0 spiro atoms. The number of ether oxygens (including phenoxy) is 1. The molecule has 2 N–H and O–H groups in total. The van der Waals surface area contributed by atoms with E-state index in [2.05, 4.69) is 9.72 Å². The number of sulfonamides is 1. The number of nitrogens with two attached hydrogens (primary N) is 1. The van der Waals surface area contributed by atoms with Gasteiger partial charge < -0.3 is 4.74 Å². The van der Waals surface area contributed by atoms with Crippen molar-refractivity contribution in [3.05, 3.63) is 15.2 Å². The van der Waals surface area contributed by atoms with E-state index < -0.39 is 27.3 Å². The van der Waals surface area contributed by atoms with E-state index in [9.17, 15) is 21.6 Å². The van der Waals surface area contributed by atoms with Crippen molar-refractivity contribution in [1.29, 1.82) is 0 Å². The van der Waals surface area contributed by atoms with Crippen molar-refractivity contribution in [2.24, 2.45) is 5.14 Å². The minimum atomic E-state index is -4.95. The van der Waals surface area contributed by atoms with Gasteiger partial charge in [-0.2, -0.15) is 4.98 Å². The first-order valence-electron chi connectivity index (χ1n) is 3.96. The maximum Gasteiger partial charge on any atom is 0.574 e. The average molecular weight is 382 g/mol. The largest absolute Gasteiger partial charge is 0.574 e. The minimum Gasteiger partial charge on any atom is -0.387 e. The molecule has 1 aromatic heterocycles. The lowest BCUT2D eigenvalue weighted by Gasteiger charge is -2.11. The molecule has 0 aliphatic rings. The van der Waals surface area contributed by atoms with Gasteiger partial charge >= 0.3 is 6.36 Å². The van der Waals surface area contributed by atoms with Gasteiger partial charge in [-0.05, 0) is 41.1 Å². The average Bonchev–Trinajstić information content (AvgIpc) is 2.05. The highest BCUT2D eigenvalue weighted by molar-refractivity contribution is 14.1. The Morgan fingerprint density at radius 3 is 2.41 bits per heavy atom. The van der Waals surface area contributed by atoms with Gasteiger partial charge in [0.2, 0.25) is 5.88 Å². The fourth-order valence-electron chi connectivity index (χ4n) is 1.02. The first-order valence-corrected chi connectivity index (χ1v) is 6.59. The monoisotopic (exact) mass is 382 g/mol. The van der Waals surface area contributed by atoms with Crippen LogP contribution in [0.4, 0.5) is 13.2 Å². The summed E-state index contributed by atoms with van der Waals surface area (Å²) in [5.41, 5.74) is 0.145. The summed E-state index contributed by atoms with van der Waals surface area (Å²) in [4.78, 5) is 3.27. The summed E-state index contributed by atoms with van der Waals surface area (Å²) in [5.74, 6) is -0.840. The van der Waals surface area contributed by atoms with E-state index >= 15 is 0 Å². The van der Waals surface area contributed by atoms with E-state index in [4.69, 9.17) is 5.14 Å². The van der Waals surface area contributed by atoms with Crippen LogP contribution in [0.25, 0.3) is 0 Å². The van der Waals surface area contributed by atoms with Crippen LogP contribution in [-0.4, -0.2) is 19.8 Å². The molecule has 0 saturated carbocycles. The highest BCUT2D eigenvalue weighted by atomic mass is 127. The van der Waals surface area contributed by atoms with E-state index in [0.717, 1.165) is 0 Å². The number of hydrogen-bond acceptors (Lipinski definition) is 4. The second-order valence-electron chi connectivity index (χ2n) is 2.99. The molecule has 1 rings (SSSR count). The lowest BCUT2D eigenvalue weighted by molar-refractivity contribution is -0.276. The molecule has 0 amide bonds. The van der Waals surface area contributed by atoms with Gasteiger partial charge in [0.05, 0.1) is 3.57 Å². The molecule has 0 aromatic carbocycles. The van der Waals surface area contributed by atoms with Crippen LogP contribution < -0.4 is 9.88 Å². The standard InChI is InChI=1S/C7H6F3IN2O3S/c1-3-2-4(11)5(16-7(8,9)10)13-6(3)17(12,14)15/h2H,1H3,(H2,12,14,15). The molecule has 0 atom stereocenters. The van der Waals surface area contributed by atoms with Crippen molar-refractivity contribution in [1.82, 2.24) is 4.98 Å². The summed E-state index contributed by atoms with van der Waals surface area (Å²) in [6.07, 6.45) is -4.95. The number of halogens is 4.